The molecule has 4 rings (SSSR count). The van der Waals surface area contributed by atoms with Crippen molar-refractivity contribution in [3.8, 4) is 17.2 Å². The van der Waals surface area contributed by atoms with Crippen molar-refractivity contribution in [3.63, 3.8) is 0 Å². The molecule has 1 saturated heterocycles. The van der Waals surface area contributed by atoms with Crippen LogP contribution < -0.4 is 15.0 Å². The van der Waals surface area contributed by atoms with Gasteiger partial charge in [-0.2, -0.15) is 0 Å². The number of phenolic OH excluding ortho intramolecular Hbond substituents is 1. The summed E-state index contributed by atoms with van der Waals surface area (Å²) in [5.41, 5.74) is 2.84. The number of nitrogens with zero attached hydrogens (tertiary/aromatic N) is 2. The van der Waals surface area contributed by atoms with Crippen molar-refractivity contribution in [2.75, 3.05) is 36.4 Å². The lowest BCUT2D eigenvalue weighted by molar-refractivity contribution is 0.208. The average Bonchev–Trinajstić information content (AvgIpc) is 2.75. The van der Waals surface area contributed by atoms with E-state index in [0.29, 0.717) is 13.1 Å². The van der Waals surface area contributed by atoms with E-state index in [1.807, 2.05) is 67.6 Å². The Morgan fingerprint density at radius 2 is 1.63 bits per heavy atom. The van der Waals surface area contributed by atoms with Gasteiger partial charge in [-0.3, -0.25) is 0 Å². The van der Waals surface area contributed by atoms with Crippen LogP contribution in [-0.2, 0) is 0 Å². The van der Waals surface area contributed by atoms with Crippen LogP contribution in [0.4, 0.5) is 16.2 Å². The van der Waals surface area contributed by atoms with Gasteiger partial charge in [0.15, 0.2) is 0 Å². The fourth-order valence-corrected chi connectivity index (χ4v) is 3.48. The molecular formula is C24H25N3O3. The summed E-state index contributed by atoms with van der Waals surface area (Å²) in [6.45, 7) is 4.71. The molecule has 1 heterocycles. The standard InChI is InChI=1S/C24H25N3O3/c1-18-4-2-7-23(16-18)30-22-10-8-19(9-11-22)25-24(29)27-14-12-26(13-15-27)20-5-3-6-21(28)17-20/h2-11,16-17,28H,12-15H2,1H3,(H,25,29). The summed E-state index contributed by atoms with van der Waals surface area (Å²) in [6, 6.07) is 22.3. The predicted octanol–water partition coefficient (Wildman–Crippen LogP) is 4.85. The van der Waals surface area contributed by atoms with Gasteiger partial charge in [-0.15, -0.1) is 0 Å². The number of amides is 2. The molecule has 1 fully saturated rings. The number of phenols is 1. The molecule has 1 aliphatic rings. The van der Waals surface area contributed by atoms with Crippen LogP contribution in [0.25, 0.3) is 0 Å². The topological polar surface area (TPSA) is 65.0 Å². The zero-order valence-electron chi connectivity index (χ0n) is 16.9. The first-order chi connectivity index (χ1) is 14.6. The molecule has 0 spiro atoms. The normalized spacial score (nSPS) is 13.8. The highest BCUT2D eigenvalue weighted by Gasteiger charge is 2.21. The van der Waals surface area contributed by atoms with E-state index in [0.717, 1.165) is 41.5 Å². The second-order valence-corrected chi connectivity index (χ2v) is 7.37. The number of piperazine rings is 1. The van der Waals surface area contributed by atoms with Crippen molar-refractivity contribution in [2.24, 2.45) is 0 Å². The zero-order valence-corrected chi connectivity index (χ0v) is 16.9. The summed E-state index contributed by atoms with van der Waals surface area (Å²) in [6.07, 6.45) is 0. The van der Waals surface area contributed by atoms with Crippen LogP contribution in [0.15, 0.2) is 72.8 Å². The predicted molar refractivity (Wildman–Crippen MR) is 119 cm³/mol. The number of carbonyl (C=O) groups is 1. The average molecular weight is 403 g/mol. The minimum Gasteiger partial charge on any atom is -0.508 e. The first-order valence-corrected chi connectivity index (χ1v) is 10.0. The largest absolute Gasteiger partial charge is 0.508 e. The molecule has 3 aromatic carbocycles. The number of benzene rings is 3. The first-order valence-electron chi connectivity index (χ1n) is 10.0. The van der Waals surface area contributed by atoms with Crippen molar-refractivity contribution >= 4 is 17.4 Å². The number of urea groups is 1. The van der Waals surface area contributed by atoms with Gasteiger partial charge in [0.1, 0.15) is 17.2 Å². The van der Waals surface area contributed by atoms with Gasteiger partial charge in [0.05, 0.1) is 0 Å². The van der Waals surface area contributed by atoms with Gasteiger partial charge in [-0.25, -0.2) is 4.79 Å². The van der Waals surface area contributed by atoms with Crippen molar-refractivity contribution < 1.29 is 14.6 Å². The van der Waals surface area contributed by atoms with E-state index < -0.39 is 0 Å². The third kappa shape index (κ3) is 4.84. The maximum atomic E-state index is 12.6. The Hall–Kier alpha value is -3.67. The molecule has 6 heteroatoms. The molecule has 2 amide bonds. The fourth-order valence-electron chi connectivity index (χ4n) is 3.48. The van der Waals surface area contributed by atoms with Crippen molar-refractivity contribution in [3.05, 3.63) is 78.4 Å². The summed E-state index contributed by atoms with van der Waals surface area (Å²) in [5, 5.41) is 12.6. The van der Waals surface area contributed by atoms with Gasteiger partial charge in [-0.1, -0.05) is 18.2 Å². The molecule has 0 aliphatic carbocycles. The van der Waals surface area contributed by atoms with Crippen molar-refractivity contribution in [2.45, 2.75) is 6.92 Å². The lowest BCUT2D eigenvalue weighted by Crippen LogP contribution is -2.50. The number of anilines is 2. The van der Waals surface area contributed by atoms with Crippen molar-refractivity contribution in [1.29, 1.82) is 0 Å². The second-order valence-electron chi connectivity index (χ2n) is 7.37. The summed E-state index contributed by atoms with van der Waals surface area (Å²) in [7, 11) is 0. The molecule has 30 heavy (non-hydrogen) atoms. The summed E-state index contributed by atoms with van der Waals surface area (Å²) < 4.78 is 5.85. The van der Waals surface area contributed by atoms with E-state index >= 15 is 0 Å². The van der Waals surface area contributed by atoms with E-state index in [4.69, 9.17) is 4.74 Å². The fraction of sp³-hybridized carbons (Fsp3) is 0.208. The van der Waals surface area contributed by atoms with E-state index in [9.17, 15) is 9.90 Å². The second kappa shape index (κ2) is 8.78. The van der Waals surface area contributed by atoms with Gasteiger partial charge in [-0.05, 0) is 61.0 Å². The molecule has 0 saturated carbocycles. The summed E-state index contributed by atoms with van der Waals surface area (Å²) >= 11 is 0. The Balaban J connectivity index is 1.30. The number of hydrogen-bond acceptors (Lipinski definition) is 4. The van der Waals surface area contributed by atoms with Gasteiger partial charge in [0.25, 0.3) is 0 Å². The molecule has 6 nitrogen and oxygen atoms in total. The minimum absolute atomic E-state index is 0.113. The van der Waals surface area contributed by atoms with E-state index in [-0.39, 0.29) is 11.8 Å². The number of aromatic hydroxyl groups is 1. The molecule has 0 bridgehead atoms. The number of carbonyl (C=O) groups excluding carboxylic acids is 1. The highest BCUT2D eigenvalue weighted by molar-refractivity contribution is 5.89. The molecule has 0 atom stereocenters. The molecule has 154 valence electrons. The molecule has 2 N–H and O–H groups in total. The number of aryl methyl sites for hydroxylation is 1. The van der Waals surface area contributed by atoms with E-state index in [2.05, 4.69) is 10.2 Å². The van der Waals surface area contributed by atoms with Gasteiger partial charge >= 0.3 is 6.03 Å². The maximum absolute atomic E-state index is 12.6. The molecule has 0 unspecified atom stereocenters. The van der Waals surface area contributed by atoms with E-state index in [1.54, 1.807) is 17.0 Å². The van der Waals surface area contributed by atoms with Crippen LogP contribution in [0.1, 0.15) is 5.56 Å². The monoisotopic (exact) mass is 403 g/mol. The highest BCUT2D eigenvalue weighted by atomic mass is 16.5. The number of nitrogens with one attached hydrogen (secondary N) is 1. The molecule has 0 aromatic heterocycles. The molecule has 3 aromatic rings. The van der Waals surface area contributed by atoms with Gasteiger partial charge < -0.3 is 25.0 Å². The van der Waals surface area contributed by atoms with Crippen LogP contribution in [-0.4, -0.2) is 42.2 Å². The van der Waals surface area contributed by atoms with Crippen LogP contribution in [0.2, 0.25) is 0 Å². The van der Waals surface area contributed by atoms with Gasteiger partial charge in [0.2, 0.25) is 0 Å². The Bertz CT molecular complexity index is 1010. The van der Waals surface area contributed by atoms with Crippen LogP contribution in [0.3, 0.4) is 0 Å². The van der Waals surface area contributed by atoms with Crippen LogP contribution >= 0.6 is 0 Å². The van der Waals surface area contributed by atoms with Crippen LogP contribution in [0, 0.1) is 6.92 Å². The Kier molecular flexibility index (Phi) is 5.75. The summed E-state index contributed by atoms with van der Waals surface area (Å²) in [4.78, 5) is 16.6. The summed E-state index contributed by atoms with van der Waals surface area (Å²) in [5.74, 6) is 1.76. The third-order valence-electron chi connectivity index (χ3n) is 5.09. The van der Waals surface area contributed by atoms with E-state index in [1.165, 1.54) is 0 Å². The molecule has 0 radical (unpaired) electrons. The Morgan fingerprint density at radius 1 is 0.900 bits per heavy atom. The highest BCUT2D eigenvalue weighted by Crippen LogP contribution is 2.24. The van der Waals surface area contributed by atoms with Gasteiger partial charge in [0, 0.05) is 43.6 Å². The SMILES string of the molecule is Cc1cccc(Oc2ccc(NC(=O)N3CCN(c4cccc(O)c4)CC3)cc2)c1. The molecule has 1 aliphatic heterocycles. The van der Waals surface area contributed by atoms with Crippen molar-refractivity contribution in [1.82, 2.24) is 4.90 Å². The quantitative estimate of drug-likeness (QED) is 0.654. The number of ether oxygens (including phenoxy) is 1. The molecular weight excluding hydrogens is 378 g/mol. The number of hydrogen-bond donors (Lipinski definition) is 2. The smallest absolute Gasteiger partial charge is 0.321 e. The Labute approximate surface area is 176 Å². The van der Waals surface area contributed by atoms with Crippen LogP contribution in [0.5, 0.6) is 17.2 Å². The third-order valence-corrected chi connectivity index (χ3v) is 5.09. The first kappa shape index (κ1) is 19.6. The lowest BCUT2D eigenvalue weighted by atomic mass is 10.2. The Morgan fingerprint density at radius 3 is 2.33 bits per heavy atom. The lowest BCUT2D eigenvalue weighted by Gasteiger charge is -2.36. The maximum Gasteiger partial charge on any atom is 0.321 e. The minimum atomic E-state index is -0.113. The number of rotatable bonds is 4. The zero-order chi connectivity index (χ0) is 20.9.